The standard InChI is InChI=1S/C10H9Br3O2/c1-2-15-10(14)6-3-8(12)7(5-11)9(13)4-6/h3-4H,2,5H2,1H3. The van der Waals surface area contributed by atoms with Gasteiger partial charge in [-0.05, 0) is 24.6 Å². The highest BCUT2D eigenvalue weighted by atomic mass is 79.9. The van der Waals surface area contributed by atoms with Crippen molar-refractivity contribution in [2.45, 2.75) is 12.3 Å². The first-order valence-corrected chi connectivity index (χ1v) is 7.01. The Morgan fingerprint density at radius 2 is 1.87 bits per heavy atom. The van der Waals surface area contributed by atoms with Crippen LogP contribution in [0.1, 0.15) is 22.8 Å². The van der Waals surface area contributed by atoms with Gasteiger partial charge in [0.05, 0.1) is 12.2 Å². The smallest absolute Gasteiger partial charge is 0.338 e. The SMILES string of the molecule is CCOC(=O)c1cc(Br)c(CBr)c(Br)c1. The fourth-order valence-corrected chi connectivity index (χ4v) is 3.89. The van der Waals surface area contributed by atoms with E-state index in [9.17, 15) is 4.79 Å². The summed E-state index contributed by atoms with van der Waals surface area (Å²) < 4.78 is 6.69. The number of hydrogen-bond acceptors (Lipinski definition) is 2. The Hall–Kier alpha value is 0.130. The number of carbonyl (C=O) groups excluding carboxylic acids is 1. The molecule has 15 heavy (non-hydrogen) atoms. The second-order valence-electron chi connectivity index (χ2n) is 2.77. The molecule has 82 valence electrons. The minimum atomic E-state index is -0.306. The lowest BCUT2D eigenvalue weighted by atomic mass is 10.1. The van der Waals surface area contributed by atoms with Gasteiger partial charge in [0.25, 0.3) is 0 Å². The van der Waals surface area contributed by atoms with Crippen molar-refractivity contribution in [2.75, 3.05) is 6.61 Å². The summed E-state index contributed by atoms with van der Waals surface area (Å²) >= 11 is 10.2. The maximum Gasteiger partial charge on any atom is 0.338 e. The number of hydrogen-bond donors (Lipinski definition) is 0. The van der Waals surface area contributed by atoms with Gasteiger partial charge in [-0.1, -0.05) is 47.8 Å². The Morgan fingerprint density at radius 1 is 1.33 bits per heavy atom. The van der Waals surface area contributed by atoms with Crippen LogP contribution in [0.5, 0.6) is 0 Å². The van der Waals surface area contributed by atoms with Crippen molar-refractivity contribution in [1.29, 1.82) is 0 Å². The summed E-state index contributed by atoms with van der Waals surface area (Å²) in [6.07, 6.45) is 0. The normalized spacial score (nSPS) is 10.1. The van der Waals surface area contributed by atoms with Crippen LogP contribution < -0.4 is 0 Å². The Morgan fingerprint density at radius 3 is 2.27 bits per heavy atom. The average Bonchev–Trinajstić information content (AvgIpc) is 2.17. The van der Waals surface area contributed by atoms with Crippen molar-refractivity contribution in [3.63, 3.8) is 0 Å². The lowest BCUT2D eigenvalue weighted by Gasteiger charge is -2.07. The maximum absolute atomic E-state index is 11.5. The zero-order valence-corrected chi connectivity index (χ0v) is 12.8. The molecule has 0 heterocycles. The van der Waals surface area contributed by atoms with Crippen LogP contribution >= 0.6 is 47.8 Å². The Labute approximate surface area is 114 Å². The van der Waals surface area contributed by atoms with E-state index < -0.39 is 0 Å². The molecule has 0 radical (unpaired) electrons. The molecule has 0 unspecified atom stereocenters. The molecule has 0 atom stereocenters. The third-order valence-corrected chi connectivity index (χ3v) is 3.76. The summed E-state index contributed by atoms with van der Waals surface area (Å²) in [5, 5.41) is 0.720. The second kappa shape index (κ2) is 6.01. The summed E-state index contributed by atoms with van der Waals surface area (Å²) in [7, 11) is 0. The summed E-state index contributed by atoms with van der Waals surface area (Å²) in [5.74, 6) is -0.306. The molecule has 0 aromatic heterocycles. The highest BCUT2D eigenvalue weighted by Crippen LogP contribution is 2.29. The second-order valence-corrected chi connectivity index (χ2v) is 5.04. The number of alkyl halides is 1. The quantitative estimate of drug-likeness (QED) is 0.559. The number of halogens is 3. The maximum atomic E-state index is 11.5. The number of esters is 1. The fraction of sp³-hybridized carbons (Fsp3) is 0.300. The van der Waals surface area contributed by atoms with Crippen LogP contribution in [0.25, 0.3) is 0 Å². The Balaban J connectivity index is 3.08. The number of benzene rings is 1. The van der Waals surface area contributed by atoms with Crippen molar-refractivity contribution < 1.29 is 9.53 Å². The molecule has 1 aromatic rings. The van der Waals surface area contributed by atoms with Crippen molar-refractivity contribution in [2.24, 2.45) is 0 Å². The first kappa shape index (κ1) is 13.2. The van der Waals surface area contributed by atoms with E-state index in [1.807, 2.05) is 0 Å². The van der Waals surface area contributed by atoms with Crippen LogP contribution in [-0.2, 0) is 10.1 Å². The van der Waals surface area contributed by atoms with Gasteiger partial charge in [-0.25, -0.2) is 4.79 Å². The Kier molecular flexibility index (Phi) is 5.29. The zero-order valence-electron chi connectivity index (χ0n) is 8.02. The fourth-order valence-electron chi connectivity index (χ4n) is 1.06. The lowest BCUT2D eigenvalue weighted by Crippen LogP contribution is -2.05. The van der Waals surface area contributed by atoms with Crippen LogP contribution in [0.3, 0.4) is 0 Å². The van der Waals surface area contributed by atoms with E-state index in [0.717, 1.165) is 19.8 Å². The molecule has 1 rings (SSSR count). The van der Waals surface area contributed by atoms with Crippen molar-refractivity contribution in [3.8, 4) is 0 Å². The predicted molar refractivity (Wildman–Crippen MR) is 70.4 cm³/mol. The molecule has 0 spiro atoms. The number of ether oxygens (including phenoxy) is 1. The van der Waals surface area contributed by atoms with Crippen LogP contribution in [0, 0.1) is 0 Å². The summed E-state index contributed by atoms with van der Waals surface area (Å²) in [6, 6.07) is 3.53. The van der Waals surface area contributed by atoms with Gasteiger partial charge in [0.1, 0.15) is 0 Å². The zero-order chi connectivity index (χ0) is 11.4. The highest BCUT2D eigenvalue weighted by Gasteiger charge is 2.12. The molecule has 0 aliphatic rings. The lowest BCUT2D eigenvalue weighted by molar-refractivity contribution is 0.0526. The molecule has 5 heteroatoms. The van der Waals surface area contributed by atoms with E-state index in [2.05, 4.69) is 47.8 Å². The minimum Gasteiger partial charge on any atom is -0.462 e. The van der Waals surface area contributed by atoms with Gasteiger partial charge in [-0.2, -0.15) is 0 Å². The average molecular weight is 401 g/mol. The third kappa shape index (κ3) is 3.29. The summed E-state index contributed by atoms with van der Waals surface area (Å²) in [5.41, 5.74) is 1.61. The molecular formula is C10H9Br3O2. The molecule has 0 aliphatic carbocycles. The van der Waals surface area contributed by atoms with E-state index in [-0.39, 0.29) is 5.97 Å². The van der Waals surface area contributed by atoms with E-state index in [0.29, 0.717) is 12.2 Å². The highest BCUT2D eigenvalue weighted by molar-refractivity contribution is 9.11. The number of carbonyl (C=O) groups is 1. The minimum absolute atomic E-state index is 0.306. The van der Waals surface area contributed by atoms with E-state index in [1.165, 1.54) is 0 Å². The van der Waals surface area contributed by atoms with Crippen LogP contribution in [0.2, 0.25) is 0 Å². The number of rotatable bonds is 3. The first-order chi connectivity index (χ1) is 7.10. The molecule has 0 bridgehead atoms. The molecule has 0 saturated heterocycles. The molecule has 0 saturated carbocycles. The molecule has 0 N–H and O–H groups in total. The Bertz CT molecular complexity index is 354. The van der Waals surface area contributed by atoms with Crippen LogP contribution in [0.15, 0.2) is 21.1 Å². The largest absolute Gasteiger partial charge is 0.462 e. The third-order valence-electron chi connectivity index (χ3n) is 1.79. The van der Waals surface area contributed by atoms with E-state index in [1.54, 1.807) is 19.1 Å². The molecule has 0 aliphatic heterocycles. The van der Waals surface area contributed by atoms with E-state index >= 15 is 0 Å². The van der Waals surface area contributed by atoms with Gasteiger partial charge in [-0.15, -0.1) is 0 Å². The molecule has 0 fully saturated rings. The van der Waals surface area contributed by atoms with Crippen LogP contribution in [0.4, 0.5) is 0 Å². The monoisotopic (exact) mass is 398 g/mol. The van der Waals surface area contributed by atoms with Crippen molar-refractivity contribution in [1.82, 2.24) is 0 Å². The van der Waals surface area contributed by atoms with E-state index in [4.69, 9.17) is 4.74 Å². The molecule has 0 amide bonds. The van der Waals surface area contributed by atoms with Gasteiger partial charge in [0.15, 0.2) is 0 Å². The summed E-state index contributed by atoms with van der Waals surface area (Å²) in [4.78, 5) is 11.5. The van der Waals surface area contributed by atoms with Crippen molar-refractivity contribution >= 4 is 53.8 Å². The van der Waals surface area contributed by atoms with Gasteiger partial charge in [0, 0.05) is 14.3 Å². The molecule has 1 aromatic carbocycles. The predicted octanol–water partition coefficient (Wildman–Crippen LogP) is 4.28. The topological polar surface area (TPSA) is 26.3 Å². The van der Waals surface area contributed by atoms with Gasteiger partial charge in [0.2, 0.25) is 0 Å². The van der Waals surface area contributed by atoms with Gasteiger partial charge < -0.3 is 4.74 Å². The summed E-state index contributed by atoms with van der Waals surface area (Å²) in [6.45, 7) is 2.17. The van der Waals surface area contributed by atoms with Crippen molar-refractivity contribution in [3.05, 3.63) is 32.2 Å². The van der Waals surface area contributed by atoms with Gasteiger partial charge >= 0.3 is 5.97 Å². The van der Waals surface area contributed by atoms with Crippen LogP contribution in [-0.4, -0.2) is 12.6 Å². The first-order valence-electron chi connectivity index (χ1n) is 4.31. The molecular weight excluding hydrogens is 392 g/mol. The molecule has 2 nitrogen and oxygen atoms in total. The van der Waals surface area contributed by atoms with Gasteiger partial charge in [-0.3, -0.25) is 0 Å².